The molecule has 0 aromatic rings. The van der Waals surface area contributed by atoms with Gasteiger partial charge in [-0.1, -0.05) is 27.7 Å². The molecule has 0 aromatic carbocycles. The normalized spacial score (nSPS) is 46.1. The van der Waals surface area contributed by atoms with Gasteiger partial charge in [0.25, 0.3) is 0 Å². The van der Waals surface area contributed by atoms with Crippen LogP contribution in [0.2, 0.25) is 0 Å². The number of hydrogen-bond donors (Lipinski definition) is 4. The zero-order valence-electron chi connectivity index (χ0n) is 35.9. The van der Waals surface area contributed by atoms with E-state index in [1.807, 2.05) is 25.9 Å². The molecule has 325 valence electrons. The maximum absolute atomic E-state index is 14.5. The minimum atomic E-state index is -1.71. The first-order chi connectivity index (χ1) is 25.9. The van der Waals surface area contributed by atoms with Gasteiger partial charge in [-0.05, 0) is 74.9 Å². The maximum Gasteiger partial charge on any atom is 0.408 e. The van der Waals surface area contributed by atoms with Crippen LogP contribution < -0.4 is 11.1 Å². The van der Waals surface area contributed by atoms with Crippen molar-refractivity contribution in [1.82, 2.24) is 10.2 Å². The number of nitrogens with one attached hydrogen (secondary N) is 1. The SMILES string of the molecule is CC[C@H]1OC(=O)[C@H](C)[C@@H](O[C@H]2C[C@@](C)(OC)[C@@H](O)[C@H](C)O2)[C@H](C)[C@@H](O[C@@H]2O[C@H](C)C[C@H](N(C)C)[C@H]2O)[C@](C)(OC(N)=O)C[C@@H](C)C(=O)C(C)[C@H]2NC(=O)O[C@@]21C.[Ac]. The molecule has 0 bridgehead atoms. The summed E-state index contributed by atoms with van der Waals surface area (Å²) in [6.45, 7) is 17.0. The van der Waals surface area contributed by atoms with Crippen molar-refractivity contribution in [2.45, 2.75) is 179 Å². The minimum absolute atomic E-state index is 0. The third-order valence-corrected chi connectivity index (χ3v) is 12.8. The number of nitrogens with zero attached hydrogens (tertiary/aromatic N) is 1. The summed E-state index contributed by atoms with van der Waals surface area (Å²) >= 11 is 0. The average Bonchev–Trinajstić information content (AvgIpc) is 3.43. The molecule has 5 N–H and O–H groups in total. The van der Waals surface area contributed by atoms with Gasteiger partial charge < -0.3 is 64.1 Å². The monoisotopic (exact) mass is 1030 g/mol. The predicted molar refractivity (Wildman–Crippen MR) is 200 cm³/mol. The molecule has 4 heterocycles. The Hall–Kier alpha value is -1.20. The van der Waals surface area contributed by atoms with E-state index in [0.717, 1.165) is 0 Å². The number of nitrogens with two attached hydrogens (primary N) is 1. The number of amides is 2. The number of ether oxygens (including phenoxy) is 8. The number of carbonyl (C=O) groups excluding carboxylic acids is 4. The third kappa shape index (κ3) is 10.6. The van der Waals surface area contributed by atoms with E-state index in [1.165, 1.54) is 7.11 Å². The summed E-state index contributed by atoms with van der Waals surface area (Å²) in [5.74, 6) is -4.68. The van der Waals surface area contributed by atoms with E-state index >= 15 is 0 Å². The number of aliphatic hydroxyl groups excluding tert-OH is 2. The van der Waals surface area contributed by atoms with Gasteiger partial charge in [-0.25, -0.2) is 9.59 Å². The molecule has 4 aliphatic heterocycles. The Morgan fingerprint density at radius 3 is 2.16 bits per heavy atom. The fraction of sp³-hybridized carbons (Fsp3) is 0.897. The Morgan fingerprint density at radius 2 is 1.60 bits per heavy atom. The number of Topliss-reactive ketones (excluding diaryl/α,β-unsaturated/α-hetero) is 1. The average molecular weight is 1030 g/mol. The number of carbonyl (C=O) groups is 4. The predicted octanol–water partition coefficient (Wildman–Crippen LogP) is 2.64. The van der Waals surface area contributed by atoms with Crippen LogP contribution in [0, 0.1) is 67.7 Å². The van der Waals surface area contributed by atoms with E-state index in [4.69, 9.17) is 43.6 Å². The number of likely N-dealkylation sites (N-methyl/N-ethyl adjacent to an activating group) is 1. The summed E-state index contributed by atoms with van der Waals surface area (Å²) in [5.41, 5.74) is 1.52. The zero-order chi connectivity index (χ0) is 42.2. The van der Waals surface area contributed by atoms with Crippen molar-refractivity contribution in [1.29, 1.82) is 0 Å². The van der Waals surface area contributed by atoms with Crippen LogP contribution in [0.3, 0.4) is 0 Å². The van der Waals surface area contributed by atoms with E-state index in [1.54, 1.807) is 62.3 Å². The Kier molecular flexibility index (Phi) is 17.3. The Bertz CT molecular complexity index is 1430. The first kappa shape index (κ1) is 50.2. The quantitative estimate of drug-likeness (QED) is 0.203. The Balaban J connectivity index is 0.00000870. The van der Waals surface area contributed by atoms with Crippen molar-refractivity contribution in [2.24, 2.45) is 29.4 Å². The summed E-state index contributed by atoms with van der Waals surface area (Å²) in [7, 11) is 5.14. The number of esters is 1. The molecule has 4 aliphatic rings. The second-order valence-corrected chi connectivity index (χ2v) is 17.4. The van der Waals surface area contributed by atoms with Gasteiger partial charge in [-0.15, -0.1) is 0 Å². The second kappa shape index (κ2) is 19.7. The van der Waals surface area contributed by atoms with E-state index < -0.39 is 114 Å². The van der Waals surface area contributed by atoms with Crippen LogP contribution >= 0.6 is 0 Å². The van der Waals surface area contributed by atoms with Crippen LogP contribution in [0.15, 0.2) is 0 Å². The molecular weight excluding hydrogens is 961 g/mol. The van der Waals surface area contributed by atoms with E-state index in [9.17, 15) is 29.4 Å². The number of rotatable bonds is 8. The van der Waals surface area contributed by atoms with Gasteiger partial charge in [0.2, 0.25) is 0 Å². The van der Waals surface area contributed by atoms with Crippen molar-refractivity contribution in [3.8, 4) is 0 Å². The fourth-order valence-electron chi connectivity index (χ4n) is 9.47. The second-order valence-electron chi connectivity index (χ2n) is 17.4. The van der Waals surface area contributed by atoms with Crippen LogP contribution in [0.5, 0.6) is 0 Å². The molecule has 4 fully saturated rings. The molecule has 0 aliphatic carbocycles. The summed E-state index contributed by atoms with van der Waals surface area (Å²) in [5, 5.41) is 25.4. The van der Waals surface area contributed by atoms with Crippen LogP contribution in [0.25, 0.3) is 0 Å². The molecule has 17 nitrogen and oxygen atoms in total. The third-order valence-electron chi connectivity index (χ3n) is 12.8. The number of ketones is 1. The molecule has 18 heteroatoms. The van der Waals surface area contributed by atoms with Crippen molar-refractivity contribution in [3.63, 3.8) is 0 Å². The Morgan fingerprint density at radius 1 is 0.965 bits per heavy atom. The van der Waals surface area contributed by atoms with E-state index in [2.05, 4.69) is 5.32 Å². The van der Waals surface area contributed by atoms with Crippen molar-refractivity contribution in [3.05, 3.63) is 0 Å². The van der Waals surface area contributed by atoms with Crippen LogP contribution in [0.1, 0.15) is 94.9 Å². The van der Waals surface area contributed by atoms with Crippen molar-refractivity contribution >= 4 is 23.9 Å². The molecular formula is C39H67AcN3O14. The standard InChI is InChI=1S/C39H67N3O14.Ac/c1-14-25-39(10)30(41-36(48)56-39)20(4)27(43)18(2)16-38(9,55-35(40)47)32(54-34-28(44)24(42(11)12)15-19(3)50-34)21(5)29(22(6)33(46)52-25)53-26-17-37(8,49-13)31(45)23(7)51-26;/h18-26,28-32,34,44-45H,14-17H2,1-13H3,(H2,40,47)(H,41,48);/t18-,19-,20?,21+,22-,23+,24+,25-,26+,28-,29+,30-,31+,32-,34+,37-,38-,39-;/m1./s1. The molecule has 4 rings (SSSR count). The number of aliphatic hydroxyl groups is 2. The Labute approximate surface area is 372 Å². The van der Waals surface area contributed by atoms with Crippen LogP contribution in [-0.2, 0) is 47.5 Å². The number of alkyl carbamates (subject to hydrolysis) is 1. The van der Waals surface area contributed by atoms with Crippen molar-refractivity contribution < 1.29 is 111 Å². The van der Waals surface area contributed by atoms with Gasteiger partial charge in [0.15, 0.2) is 18.2 Å². The summed E-state index contributed by atoms with van der Waals surface area (Å²) in [4.78, 5) is 56.4. The van der Waals surface area contributed by atoms with E-state index in [-0.39, 0.29) is 81.3 Å². The first-order valence-corrected chi connectivity index (χ1v) is 19.8. The van der Waals surface area contributed by atoms with Gasteiger partial charge in [0.05, 0.1) is 35.9 Å². The largest absolute Gasteiger partial charge is 0.458 e. The van der Waals surface area contributed by atoms with Gasteiger partial charge in [-0.2, -0.15) is 0 Å². The molecule has 57 heavy (non-hydrogen) atoms. The first-order valence-electron chi connectivity index (χ1n) is 19.8. The number of methoxy groups -OCH3 is 1. The van der Waals surface area contributed by atoms with E-state index in [0.29, 0.717) is 6.42 Å². The van der Waals surface area contributed by atoms with Gasteiger partial charge >= 0.3 is 18.2 Å². The summed E-state index contributed by atoms with van der Waals surface area (Å²) in [6.07, 6.45) is -10.1. The number of cyclic esters (lactones) is 1. The molecule has 0 saturated carbocycles. The van der Waals surface area contributed by atoms with Crippen LogP contribution in [0.4, 0.5) is 9.59 Å². The van der Waals surface area contributed by atoms with Crippen LogP contribution in [-0.4, -0.2) is 144 Å². The van der Waals surface area contributed by atoms with Gasteiger partial charge in [0.1, 0.15) is 35.8 Å². The molecule has 1 unspecified atom stereocenters. The number of primary amides is 1. The molecule has 18 atom stereocenters. The molecule has 2 amide bonds. The smallest absolute Gasteiger partial charge is 0.408 e. The van der Waals surface area contributed by atoms with Gasteiger partial charge in [0, 0.05) is 81.4 Å². The maximum atomic E-state index is 14.5. The fourth-order valence-corrected chi connectivity index (χ4v) is 9.47. The molecule has 4 saturated heterocycles. The zero-order valence-corrected chi connectivity index (χ0v) is 40.6. The van der Waals surface area contributed by atoms with Crippen molar-refractivity contribution in [2.75, 3.05) is 21.2 Å². The molecule has 0 aromatic heterocycles. The topological polar surface area (TPSA) is 224 Å². The summed E-state index contributed by atoms with van der Waals surface area (Å²) < 4.78 is 49.6. The number of hydrogen-bond acceptors (Lipinski definition) is 15. The number of fused-ring (bicyclic) bond motifs is 1. The minimum Gasteiger partial charge on any atom is -0.458 e. The molecule has 0 spiro atoms. The summed E-state index contributed by atoms with van der Waals surface area (Å²) in [6, 6.07) is -1.27. The molecule has 1 radical (unpaired) electrons. The van der Waals surface area contributed by atoms with Gasteiger partial charge in [-0.3, -0.25) is 9.59 Å².